The molecule has 38 heavy (non-hydrogen) atoms. The summed E-state index contributed by atoms with van der Waals surface area (Å²) >= 11 is 6.18. The van der Waals surface area contributed by atoms with Crippen molar-refractivity contribution >= 4 is 33.9 Å². The summed E-state index contributed by atoms with van der Waals surface area (Å²) in [6.07, 6.45) is 1.98. The Morgan fingerprint density at radius 3 is 2.58 bits per heavy atom. The van der Waals surface area contributed by atoms with E-state index in [0.29, 0.717) is 22.8 Å². The van der Waals surface area contributed by atoms with Crippen LogP contribution in [0.5, 0.6) is 11.5 Å². The van der Waals surface area contributed by atoms with Gasteiger partial charge < -0.3 is 9.84 Å². The number of hydrogen-bond donors (Lipinski definition) is 1. The average Bonchev–Trinajstić information content (AvgIpc) is 3.60. The van der Waals surface area contributed by atoms with Crippen molar-refractivity contribution in [2.75, 3.05) is 13.7 Å². The van der Waals surface area contributed by atoms with Gasteiger partial charge in [0.25, 0.3) is 0 Å². The van der Waals surface area contributed by atoms with Crippen molar-refractivity contribution in [3.63, 3.8) is 0 Å². The number of rotatable bonds is 4. The molecular weight excluding hydrogens is 498 g/mol. The zero-order chi connectivity index (χ0) is 26.2. The molecule has 3 atom stereocenters. The molecular formula is C32H26ClNO4. The SMILES string of the molecule is COc1cc(C2(C(=O)c3ccc(Cl)cc3)CC3(C(=O)c4cccc5cccc3c45)N3CCCC32)ccc1O. The van der Waals surface area contributed by atoms with Crippen LogP contribution in [0, 0.1) is 0 Å². The molecule has 0 bridgehead atoms. The summed E-state index contributed by atoms with van der Waals surface area (Å²) in [4.78, 5) is 31.6. The van der Waals surface area contributed by atoms with E-state index >= 15 is 0 Å². The molecule has 0 saturated carbocycles. The fourth-order valence-corrected chi connectivity index (χ4v) is 7.64. The molecule has 2 heterocycles. The number of hydrogen-bond acceptors (Lipinski definition) is 5. The third-order valence-corrected chi connectivity index (χ3v) is 9.28. The van der Waals surface area contributed by atoms with Crippen LogP contribution in [0.3, 0.4) is 0 Å². The van der Waals surface area contributed by atoms with Gasteiger partial charge in [0.1, 0.15) is 5.54 Å². The Labute approximate surface area is 225 Å². The van der Waals surface area contributed by atoms with Gasteiger partial charge in [0.15, 0.2) is 23.1 Å². The summed E-state index contributed by atoms with van der Waals surface area (Å²) in [5.41, 5.74) is 1.02. The summed E-state index contributed by atoms with van der Waals surface area (Å²) in [5, 5.41) is 13.0. The predicted octanol–water partition coefficient (Wildman–Crippen LogP) is 6.29. The Morgan fingerprint density at radius 1 is 1.05 bits per heavy atom. The van der Waals surface area contributed by atoms with Crippen LogP contribution in [-0.2, 0) is 11.0 Å². The lowest BCUT2D eigenvalue weighted by Crippen LogP contribution is -2.47. The minimum atomic E-state index is -1.04. The number of ether oxygens (including phenoxy) is 1. The number of methoxy groups -OCH3 is 1. The van der Waals surface area contributed by atoms with Crippen LogP contribution < -0.4 is 4.74 Å². The first kappa shape index (κ1) is 23.4. The molecule has 3 aliphatic rings. The van der Waals surface area contributed by atoms with E-state index in [0.717, 1.165) is 46.8 Å². The molecule has 4 aromatic carbocycles. The molecule has 2 fully saturated rings. The number of carbonyl (C=O) groups is 2. The van der Waals surface area contributed by atoms with Crippen molar-refractivity contribution in [2.24, 2.45) is 0 Å². The van der Waals surface area contributed by atoms with Crippen LogP contribution in [0.4, 0.5) is 0 Å². The zero-order valence-corrected chi connectivity index (χ0v) is 21.7. The van der Waals surface area contributed by atoms with E-state index in [1.807, 2.05) is 36.4 Å². The van der Waals surface area contributed by atoms with E-state index in [9.17, 15) is 14.7 Å². The molecule has 2 saturated heterocycles. The minimum Gasteiger partial charge on any atom is -0.504 e. The number of ketones is 2. The number of carbonyl (C=O) groups excluding carboxylic acids is 2. The van der Waals surface area contributed by atoms with Gasteiger partial charge in [0, 0.05) is 22.2 Å². The molecule has 1 aliphatic carbocycles. The molecule has 1 N–H and O–H groups in total. The number of fused-ring (bicyclic) bond motifs is 3. The van der Waals surface area contributed by atoms with Crippen molar-refractivity contribution in [2.45, 2.75) is 36.3 Å². The maximum atomic E-state index is 14.8. The Balaban J connectivity index is 1.52. The lowest BCUT2D eigenvalue weighted by atomic mass is 9.65. The van der Waals surface area contributed by atoms with Gasteiger partial charge in [0.05, 0.1) is 12.5 Å². The Morgan fingerprint density at radius 2 is 1.82 bits per heavy atom. The highest BCUT2D eigenvalue weighted by Crippen LogP contribution is 2.62. The number of aromatic hydroxyl groups is 1. The summed E-state index contributed by atoms with van der Waals surface area (Å²) in [6, 6.07) is 24.0. The zero-order valence-electron chi connectivity index (χ0n) is 20.9. The van der Waals surface area contributed by atoms with Crippen molar-refractivity contribution in [1.82, 2.24) is 4.90 Å². The van der Waals surface area contributed by atoms with Crippen molar-refractivity contribution in [3.8, 4) is 11.5 Å². The third kappa shape index (κ3) is 2.86. The van der Waals surface area contributed by atoms with E-state index in [1.165, 1.54) is 7.11 Å². The Bertz CT molecular complexity index is 1640. The van der Waals surface area contributed by atoms with Crippen LogP contribution in [-0.4, -0.2) is 41.3 Å². The quantitative estimate of drug-likeness (QED) is 0.318. The molecule has 2 aliphatic heterocycles. The Hall–Kier alpha value is -3.67. The highest BCUT2D eigenvalue weighted by atomic mass is 35.5. The monoisotopic (exact) mass is 523 g/mol. The highest BCUT2D eigenvalue weighted by molar-refractivity contribution is 6.30. The predicted molar refractivity (Wildman–Crippen MR) is 146 cm³/mol. The standard InChI is InChI=1S/C32H26ClNO4/c1-38-26-17-21(12-15-25(26)35)31(29(36)20-10-13-22(33)14-11-20)18-32(34-16-4-9-27(31)34)24-8-3-6-19-5-2-7-23(28(19)24)30(32)37/h2-3,5-8,10-15,17,27,35H,4,9,16,18H2,1H3. The maximum Gasteiger partial charge on any atom is 0.188 e. The summed E-state index contributed by atoms with van der Waals surface area (Å²) in [7, 11) is 1.50. The molecule has 0 aromatic heterocycles. The molecule has 0 radical (unpaired) electrons. The first-order chi connectivity index (χ1) is 18.4. The molecule has 6 heteroatoms. The number of halogens is 1. The number of phenolic OH excluding ortho intramolecular Hbond substituents is 1. The minimum absolute atomic E-state index is 0.00967. The van der Waals surface area contributed by atoms with Crippen LogP contribution >= 0.6 is 11.6 Å². The fraction of sp³-hybridized carbons (Fsp3) is 0.250. The van der Waals surface area contributed by atoms with Crippen LogP contribution in [0.15, 0.2) is 78.9 Å². The van der Waals surface area contributed by atoms with Crippen molar-refractivity contribution in [1.29, 1.82) is 0 Å². The van der Waals surface area contributed by atoms with Crippen molar-refractivity contribution in [3.05, 3.63) is 106 Å². The van der Waals surface area contributed by atoms with E-state index in [1.54, 1.807) is 36.4 Å². The van der Waals surface area contributed by atoms with Gasteiger partial charge in [-0.1, -0.05) is 54.1 Å². The van der Waals surface area contributed by atoms with Crippen LogP contribution in [0.2, 0.25) is 5.02 Å². The van der Waals surface area contributed by atoms with Crippen molar-refractivity contribution < 1.29 is 19.4 Å². The second-order valence-corrected chi connectivity index (χ2v) is 11.1. The summed E-state index contributed by atoms with van der Waals surface area (Å²) in [5.74, 6) is 0.328. The molecule has 190 valence electrons. The summed E-state index contributed by atoms with van der Waals surface area (Å²) in [6.45, 7) is 0.728. The topological polar surface area (TPSA) is 66.8 Å². The average molecular weight is 524 g/mol. The smallest absolute Gasteiger partial charge is 0.188 e. The van der Waals surface area contributed by atoms with Crippen LogP contribution in [0.25, 0.3) is 10.8 Å². The number of Topliss-reactive ketones (excluding diaryl/α,β-unsaturated/α-hetero) is 2. The highest BCUT2D eigenvalue weighted by Gasteiger charge is 2.69. The molecule has 5 nitrogen and oxygen atoms in total. The van der Waals surface area contributed by atoms with Gasteiger partial charge in [-0.25, -0.2) is 0 Å². The second-order valence-electron chi connectivity index (χ2n) is 10.6. The summed E-state index contributed by atoms with van der Waals surface area (Å²) < 4.78 is 5.48. The second kappa shape index (κ2) is 8.16. The van der Waals surface area contributed by atoms with Gasteiger partial charge in [-0.2, -0.15) is 0 Å². The third-order valence-electron chi connectivity index (χ3n) is 9.02. The first-order valence-corrected chi connectivity index (χ1v) is 13.3. The van der Waals surface area contributed by atoms with E-state index in [2.05, 4.69) is 11.0 Å². The van der Waals surface area contributed by atoms with Crippen LogP contribution in [0.1, 0.15) is 51.1 Å². The molecule has 4 aromatic rings. The van der Waals surface area contributed by atoms with E-state index < -0.39 is 11.0 Å². The molecule has 1 spiro atoms. The molecule has 0 amide bonds. The normalized spacial score (nSPS) is 25.8. The molecule has 3 unspecified atom stereocenters. The van der Waals surface area contributed by atoms with Gasteiger partial charge in [-0.05, 0) is 84.1 Å². The lowest BCUT2D eigenvalue weighted by molar-refractivity contribution is 0.0668. The largest absolute Gasteiger partial charge is 0.504 e. The number of benzene rings is 4. The Kier molecular flexibility index (Phi) is 5.04. The maximum absolute atomic E-state index is 14.8. The van der Waals surface area contributed by atoms with Gasteiger partial charge >= 0.3 is 0 Å². The van der Waals surface area contributed by atoms with Gasteiger partial charge in [-0.3, -0.25) is 14.5 Å². The van der Waals surface area contributed by atoms with Gasteiger partial charge in [-0.15, -0.1) is 0 Å². The number of nitrogens with zero attached hydrogens (tertiary/aromatic N) is 1. The number of phenols is 1. The fourth-order valence-electron chi connectivity index (χ4n) is 7.51. The van der Waals surface area contributed by atoms with E-state index in [-0.39, 0.29) is 23.4 Å². The van der Waals surface area contributed by atoms with E-state index in [4.69, 9.17) is 16.3 Å². The lowest BCUT2D eigenvalue weighted by Gasteiger charge is -2.35. The molecule has 7 rings (SSSR count). The van der Waals surface area contributed by atoms with Gasteiger partial charge in [0.2, 0.25) is 0 Å². The first-order valence-electron chi connectivity index (χ1n) is 12.9.